The molecule has 0 heterocycles. The van der Waals surface area contributed by atoms with Crippen molar-refractivity contribution in [1.29, 1.82) is 0 Å². The third kappa shape index (κ3) is 3.13. The fraction of sp³-hybridized carbons (Fsp3) is 0.500. The lowest BCUT2D eigenvalue weighted by Crippen LogP contribution is -2.25. The zero-order valence-corrected chi connectivity index (χ0v) is 8.69. The molecule has 0 aliphatic carbocycles. The highest BCUT2D eigenvalue weighted by Crippen LogP contribution is 2.17. The van der Waals surface area contributed by atoms with E-state index >= 15 is 0 Å². The summed E-state index contributed by atoms with van der Waals surface area (Å²) >= 11 is 0. The van der Waals surface area contributed by atoms with Gasteiger partial charge in [-0.3, -0.25) is 0 Å². The Bertz CT molecular complexity index is 248. The molecule has 78 valence electrons. The monoisotopic (exact) mass is 193 g/mol. The van der Waals surface area contributed by atoms with Gasteiger partial charge in [0, 0.05) is 0 Å². The Morgan fingerprint density at radius 2 is 1.93 bits per heavy atom. The van der Waals surface area contributed by atoms with E-state index in [4.69, 9.17) is 5.73 Å². The summed E-state index contributed by atoms with van der Waals surface area (Å²) in [6.45, 7) is 2.11. The Morgan fingerprint density at radius 3 is 2.50 bits per heavy atom. The fourth-order valence-corrected chi connectivity index (χ4v) is 1.49. The van der Waals surface area contributed by atoms with E-state index in [0.29, 0.717) is 0 Å². The van der Waals surface area contributed by atoms with E-state index in [2.05, 4.69) is 6.92 Å². The van der Waals surface area contributed by atoms with Crippen LogP contribution in [0.4, 0.5) is 0 Å². The average molecular weight is 193 g/mol. The number of benzene rings is 1. The molecule has 2 nitrogen and oxygen atoms in total. The number of unbranched alkanes of at least 4 members (excludes halogenated alkanes) is 1. The first-order valence-electron chi connectivity index (χ1n) is 5.24. The Hall–Kier alpha value is -0.860. The minimum Gasteiger partial charge on any atom is -0.391 e. The van der Waals surface area contributed by atoms with Crippen molar-refractivity contribution in [3.05, 3.63) is 35.9 Å². The minimum atomic E-state index is -0.419. The summed E-state index contributed by atoms with van der Waals surface area (Å²) in [6, 6.07) is 9.51. The molecule has 0 bridgehead atoms. The number of hydrogen-bond donors (Lipinski definition) is 2. The van der Waals surface area contributed by atoms with Gasteiger partial charge in [-0.25, -0.2) is 0 Å². The Labute approximate surface area is 85.8 Å². The Morgan fingerprint density at radius 1 is 1.29 bits per heavy atom. The topological polar surface area (TPSA) is 46.2 Å². The van der Waals surface area contributed by atoms with Gasteiger partial charge < -0.3 is 10.8 Å². The molecule has 0 spiro atoms. The molecular formula is C12H19NO. The van der Waals surface area contributed by atoms with Crippen molar-refractivity contribution >= 4 is 0 Å². The molecule has 1 aromatic carbocycles. The van der Waals surface area contributed by atoms with E-state index in [9.17, 15) is 5.11 Å². The van der Waals surface area contributed by atoms with E-state index in [-0.39, 0.29) is 6.04 Å². The smallest absolute Gasteiger partial charge is 0.0732 e. The zero-order chi connectivity index (χ0) is 10.4. The first kappa shape index (κ1) is 11.2. The van der Waals surface area contributed by atoms with E-state index in [1.165, 1.54) is 0 Å². The molecule has 14 heavy (non-hydrogen) atoms. The molecule has 0 aromatic heterocycles. The number of nitrogens with two attached hydrogens (primary N) is 1. The van der Waals surface area contributed by atoms with Crippen LogP contribution in [0.1, 0.15) is 37.8 Å². The zero-order valence-electron chi connectivity index (χ0n) is 8.69. The van der Waals surface area contributed by atoms with Gasteiger partial charge in [-0.1, -0.05) is 50.1 Å². The fourth-order valence-electron chi connectivity index (χ4n) is 1.49. The summed E-state index contributed by atoms with van der Waals surface area (Å²) in [4.78, 5) is 0. The van der Waals surface area contributed by atoms with Crippen LogP contribution < -0.4 is 5.73 Å². The van der Waals surface area contributed by atoms with Crippen LogP contribution in [0, 0.1) is 0 Å². The van der Waals surface area contributed by atoms with E-state index < -0.39 is 6.10 Å². The van der Waals surface area contributed by atoms with Crippen molar-refractivity contribution in [2.45, 2.75) is 38.3 Å². The molecule has 0 radical (unpaired) electrons. The molecule has 0 amide bonds. The van der Waals surface area contributed by atoms with Gasteiger partial charge in [-0.05, 0) is 12.0 Å². The molecule has 0 aliphatic rings. The lowest BCUT2D eigenvalue weighted by molar-refractivity contribution is 0.132. The molecule has 1 aromatic rings. The molecular weight excluding hydrogens is 174 g/mol. The van der Waals surface area contributed by atoms with Crippen LogP contribution in [0.25, 0.3) is 0 Å². The lowest BCUT2D eigenvalue weighted by Gasteiger charge is -2.18. The second-order valence-electron chi connectivity index (χ2n) is 3.65. The Kier molecular flexibility index (Phi) is 4.63. The van der Waals surface area contributed by atoms with Gasteiger partial charge in [-0.2, -0.15) is 0 Å². The molecule has 0 fully saturated rings. The van der Waals surface area contributed by atoms with Crippen molar-refractivity contribution in [3.8, 4) is 0 Å². The van der Waals surface area contributed by atoms with Crippen LogP contribution in [0.2, 0.25) is 0 Å². The first-order valence-corrected chi connectivity index (χ1v) is 5.24. The number of rotatable bonds is 5. The van der Waals surface area contributed by atoms with Gasteiger partial charge in [0.05, 0.1) is 12.1 Å². The van der Waals surface area contributed by atoms with Crippen LogP contribution in [-0.4, -0.2) is 11.2 Å². The molecule has 3 N–H and O–H groups in total. The van der Waals surface area contributed by atoms with Crippen LogP contribution in [0.15, 0.2) is 30.3 Å². The highest BCUT2D eigenvalue weighted by Gasteiger charge is 2.15. The van der Waals surface area contributed by atoms with E-state index in [0.717, 1.165) is 24.8 Å². The van der Waals surface area contributed by atoms with Crippen molar-refractivity contribution < 1.29 is 5.11 Å². The highest BCUT2D eigenvalue weighted by molar-refractivity contribution is 5.19. The largest absolute Gasteiger partial charge is 0.391 e. The quantitative estimate of drug-likeness (QED) is 0.753. The van der Waals surface area contributed by atoms with Crippen LogP contribution in [0.5, 0.6) is 0 Å². The van der Waals surface area contributed by atoms with Crippen molar-refractivity contribution in [2.24, 2.45) is 5.73 Å². The number of aliphatic hydroxyl groups is 1. The summed E-state index contributed by atoms with van der Waals surface area (Å²) < 4.78 is 0. The predicted molar refractivity (Wildman–Crippen MR) is 58.9 cm³/mol. The maximum Gasteiger partial charge on any atom is 0.0732 e. The van der Waals surface area contributed by atoms with Crippen LogP contribution in [0.3, 0.4) is 0 Å². The summed E-state index contributed by atoms with van der Waals surface area (Å²) in [5.74, 6) is 0. The summed E-state index contributed by atoms with van der Waals surface area (Å²) in [6.07, 6.45) is 2.49. The molecule has 0 saturated carbocycles. The van der Waals surface area contributed by atoms with Gasteiger partial charge in [0.25, 0.3) is 0 Å². The predicted octanol–water partition coefficient (Wildman–Crippen LogP) is 2.24. The summed E-state index contributed by atoms with van der Waals surface area (Å²) in [5, 5.41) is 9.78. The molecule has 2 atom stereocenters. The van der Waals surface area contributed by atoms with Crippen molar-refractivity contribution in [2.75, 3.05) is 0 Å². The van der Waals surface area contributed by atoms with Crippen molar-refractivity contribution in [3.63, 3.8) is 0 Å². The maximum atomic E-state index is 9.78. The summed E-state index contributed by atoms with van der Waals surface area (Å²) in [7, 11) is 0. The van der Waals surface area contributed by atoms with E-state index in [1.54, 1.807) is 0 Å². The third-order valence-corrected chi connectivity index (χ3v) is 2.45. The van der Waals surface area contributed by atoms with Gasteiger partial charge >= 0.3 is 0 Å². The minimum absolute atomic E-state index is 0.247. The van der Waals surface area contributed by atoms with Gasteiger partial charge in [-0.15, -0.1) is 0 Å². The maximum absolute atomic E-state index is 9.78. The second kappa shape index (κ2) is 5.78. The molecule has 2 unspecified atom stereocenters. The van der Waals surface area contributed by atoms with E-state index in [1.807, 2.05) is 30.3 Å². The molecule has 1 rings (SSSR count). The SMILES string of the molecule is CCCCC(O)C(N)c1ccccc1. The van der Waals surface area contributed by atoms with Gasteiger partial charge in [0.15, 0.2) is 0 Å². The number of hydrogen-bond acceptors (Lipinski definition) is 2. The van der Waals surface area contributed by atoms with Crippen LogP contribution in [-0.2, 0) is 0 Å². The molecule has 2 heteroatoms. The Balaban J connectivity index is 2.52. The average Bonchev–Trinajstić information content (AvgIpc) is 2.26. The second-order valence-corrected chi connectivity index (χ2v) is 3.65. The highest BCUT2D eigenvalue weighted by atomic mass is 16.3. The number of aliphatic hydroxyl groups excluding tert-OH is 1. The third-order valence-electron chi connectivity index (χ3n) is 2.45. The van der Waals surface area contributed by atoms with Gasteiger partial charge in [0.1, 0.15) is 0 Å². The van der Waals surface area contributed by atoms with Crippen LogP contribution >= 0.6 is 0 Å². The normalized spacial score (nSPS) is 15.1. The standard InChI is InChI=1S/C12H19NO/c1-2-3-9-11(14)12(13)10-7-5-4-6-8-10/h4-8,11-12,14H,2-3,9,13H2,1H3. The summed E-state index contributed by atoms with van der Waals surface area (Å²) in [5.41, 5.74) is 6.94. The van der Waals surface area contributed by atoms with Gasteiger partial charge in [0.2, 0.25) is 0 Å². The van der Waals surface area contributed by atoms with Crippen molar-refractivity contribution in [1.82, 2.24) is 0 Å². The molecule has 0 aliphatic heterocycles. The molecule has 0 saturated heterocycles. The lowest BCUT2D eigenvalue weighted by atomic mass is 9.99. The first-order chi connectivity index (χ1) is 6.75.